The van der Waals surface area contributed by atoms with E-state index in [-0.39, 0.29) is 5.52 Å². The molecule has 3 aromatic heterocycles. The summed E-state index contributed by atoms with van der Waals surface area (Å²) in [5, 5.41) is 1.32. The number of aromatic nitrogens is 2. The predicted octanol–water partition coefficient (Wildman–Crippen LogP) is 1.48. The number of fused-ring (bicyclic) bond motifs is 3. The molecule has 0 aromatic carbocycles. The maximum atomic E-state index is 11.4. The van der Waals surface area contributed by atoms with Crippen molar-refractivity contribution in [1.82, 2.24) is 9.97 Å². The number of hydrogen-bond donors (Lipinski definition) is 1. The number of nitrogens with one attached hydrogen (secondary N) is 1. The summed E-state index contributed by atoms with van der Waals surface area (Å²) in [7, 11) is 0. The molecule has 16 heavy (non-hydrogen) atoms. The van der Waals surface area contributed by atoms with Gasteiger partial charge in [-0.25, -0.2) is 9.78 Å². The number of nitrogens with zero attached hydrogens (tertiary/aromatic N) is 1. The van der Waals surface area contributed by atoms with Gasteiger partial charge in [-0.3, -0.25) is 4.79 Å². The Balaban J connectivity index is 2.67. The lowest BCUT2D eigenvalue weighted by atomic mass is 10.1. The van der Waals surface area contributed by atoms with E-state index in [1.165, 1.54) is 12.5 Å². The SMILES string of the molecule is O=Cc1c[nH]c2cnc3c(=O)occc3c12. The van der Waals surface area contributed by atoms with Gasteiger partial charge in [-0.15, -0.1) is 0 Å². The first kappa shape index (κ1) is 8.84. The third-order valence-corrected chi connectivity index (χ3v) is 2.52. The molecule has 0 amide bonds. The average molecular weight is 214 g/mol. The summed E-state index contributed by atoms with van der Waals surface area (Å²) in [6.45, 7) is 0. The van der Waals surface area contributed by atoms with Gasteiger partial charge in [0.05, 0.1) is 18.0 Å². The molecule has 3 aromatic rings. The van der Waals surface area contributed by atoms with Crippen molar-refractivity contribution in [3.63, 3.8) is 0 Å². The maximum Gasteiger partial charge on any atom is 0.362 e. The van der Waals surface area contributed by atoms with E-state index < -0.39 is 5.63 Å². The van der Waals surface area contributed by atoms with Crippen LogP contribution in [0.3, 0.4) is 0 Å². The highest BCUT2D eigenvalue weighted by Gasteiger charge is 2.10. The molecule has 0 radical (unpaired) electrons. The fourth-order valence-electron chi connectivity index (χ4n) is 1.81. The summed E-state index contributed by atoms with van der Waals surface area (Å²) in [6.07, 6.45) is 5.15. The van der Waals surface area contributed by atoms with Crippen molar-refractivity contribution in [2.75, 3.05) is 0 Å². The third-order valence-electron chi connectivity index (χ3n) is 2.52. The number of H-pyrrole nitrogens is 1. The molecule has 3 heterocycles. The summed E-state index contributed by atoms with van der Waals surface area (Å²) in [4.78, 5) is 29.2. The molecular weight excluding hydrogens is 208 g/mol. The second-order valence-corrected chi connectivity index (χ2v) is 3.38. The molecule has 5 nitrogen and oxygen atoms in total. The Kier molecular flexibility index (Phi) is 1.67. The Labute approximate surface area is 88.7 Å². The zero-order valence-electron chi connectivity index (χ0n) is 8.06. The topological polar surface area (TPSA) is 76.0 Å². The smallest absolute Gasteiger partial charge is 0.362 e. The Hall–Kier alpha value is -2.43. The maximum absolute atomic E-state index is 11.4. The number of carbonyl (C=O) groups excluding carboxylic acids is 1. The number of carbonyl (C=O) groups is 1. The average Bonchev–Trinajstić information content (AvgIpc) is 2.72. The predicted molar refractivity (Wildman–Crippen MR) is 57.5 cm³/mol. The van der Waals surface area contributed by atoms with Gasteiger partial charge in [0.25, 0.3) is 0 Å². The van der Waals surface area contributed by atoms with Gasteiger partial charge in [-0.1, -0.05) is 0 Å². The molecule has 3 rings (SSSR count). The van der Waals surface area contributed by atoms with Crippen molar-refractivity contribution in [3.8, 4) is 0 Å². The van der Waals surface area contributed by atoms with E-state index >= 15 is 0 Å². The third kappa shape index (κ3) is 1.02. The highest BCUT2D eigenvalue weighted by Crippen LogP contribution is 2.23. The lowest BCUT2D eigenvalue weighted by Crippen LogP contribution is -2.00. The van der Waals surface area contributed by atoms with Crippen LogP contribution in [0, 0.1) is 0 Å². The minimum absolute atomic E-state index is 0.234. The summed E-state index contributed by atoms with van der Waals surface area (Å²) in [5.41, 5.74) is 0.961. The van der Waals surface area contributed by atoms with Crippen LogP contribution in [0.1, 0.15) is 10.4 Å². The van der Waals surface area contributed by atoms with Crippen LogP contribution in [-0.2, 0) is 0 Å². The molecule has 0 saturated heterocycles. The molecule has 0 aliphatic carbocycles. The van der Waals surface area contributed by atoms with Gasteiger partial charge in [0.15, 0.2) is 11.8 Å². The van der Waals surface area contributed by atoms with Gasteiger partial charge in [0.2, 0.25) is 0 Å². The van der Waals surface area contributed by atoms with Crippen LogP contribution in [0.5, 0.6) is 0 Å². The first-order valence-electron chi connectivity index (χ1n) is 4.64. The fourth-order valence-corrected chi connectivity index (χ4v) is 1.81. The first-order valence-corrected chi connectivity index (χ1v) is 4.64. The van der Waals surface area contributed by atoms with Gasteiger partial charge >= 0.3 is 5.63 Å². The molecule has 0 spiro atoms. The summed E-state index contributed by atoms with van der Waals surface area (Å²) >= 11 is 0. The van der Waals surface area contributed by atoms with E-state index in [0.29, 0.717) is 16.3 Å². The number of aldehydes is 1. The molecule has 1 N–H and O–H groups in total. The van der Waals surface area contributed by atoms with Crippen molar-refractivity contribution >= 4 is 28.1 Å². The minimum Gasteiger partial charge on any atom is -0.430 e. The monoisotopic (exact) mass is 214 g/mol. The zero-order chi connectivity index (χ0) is 11.1. The minimum atomic E-state index is -0.502. The van der Waals surface area contributed by atoms with E-state index in [2.05, 4.69) is 9.97 Å². The van der Waals surface area contributed by atoms with Crippen molar-refractivity contribution in [2.24, 2.45) is 0 Å². The lowest BCUT2D eigenvalue weighted by Gasteiger charge is -1.97. The quantitative estimate of drug-likeness (QED) is 0.622. The number of hydrogen-bond acceptors (Lipinski definition) is 4. The van der Waals surface area contributed by atoms with Crippen molar-refractivity contribution in [3.05, 3.63) is 40.7 Å². The number of rotatable bonds is 1. The van der Waals surface area contributed by atoms with Crippen LogP contribution in [-0.4, -0.2) is 16.3 Å². The highest BCUT2D eigenvalue weighted by molar-refractivity contribution is 6.11. The molecule has 0 saturated carbocycles. The Bertz CT molecular complexity index is 755. The fraction of sp³-hybridized carbons (Fsp3) is 0. The van der Waals surface area contributed by atoms with Gasteiger partial charge < -0.3 is 9.40 Å². The Morgan fingerprint density at radius 1 is 1.44 bits per heavy atom. The van der Waals surface area contributed by atoms with Crippen LogP contribution >= 0.6 is 0 Å². The van der Waals surface area contributed by atoms with Gasteiger partial charge in [-0.05, 0) is 6.07 Å². The molecule has 5 heteroatoms. The van der Waals surface area contributed by atoms with Gasteiger partial charge in [0.1, 0.15) is 0 Å². The molecular formula is C11H6N2O3. The first-order chi connectivity index (χ1) is 7.81. The highest BCUT2D eigenvalue weighted by atomic mass is 16.4. The van der Waals surface area contributed by atoms with E-state index in [0.717, 1.165) is 11.8 Å². The zero-order valence-corrected chi connectivity index (χ0v) is 8.06. The van der Waals surface area contributed by atoms with Crippen LogP contribution in [0.15, 0.2) is 33.9 Å². The largest absolute Gasteiger partial charge is 0.430 e. The number of aromatic amines is 1. The van der Waals surface area contributed by atoms with Crippen LogP contribution in [0.25, 0.3) is 21.8 Å². The second kappa shape index (κ2) is 3.03. The van der Waals surface area contributed by atoms with Crippen molar-refractivity contribution in [2.45, 2.75) is 0 Å². The molecule has 0 unspecified atom stereocenters. The molecule has 0 aliphatic heterocycles. The van der Waals surface area contributed by atoms with Crippen molar-refractivity contribution in [1.29, 1.82) is 0 Å². The molecule has 0 aliphatic rings. The lowest BCUT2D eigenvalue weighted by molar-refractivity contribution is 0.112. The van der Waals surface area contributed by atoms with Gasteiger partial charge in [0, 0.05) is 22.5 Å². The summed E-state index contributed by atoms with van der Waals surface area (Å²) in [5.74, 6) is 0. The standard InChI is InChI=1S/C11H6N2O3/c14-5-6-3-12-8-4-13-10-7(9(6)8)1-2-16-11(10)15/h1-5,12H. The van der Waals surface area contributed by atoms with E-state index in [1.54, 1.807) is 12.3 Å². The number of pyridine rings is 1. The summed E-state index contributed by atoms with van der Waals surface area (Å²) < 4.78 is 4.72. The second-order valence-electron chi connectivity index (χ2n) is 3.38. The Morgan fingerprint density at radius 2 is 2.31 bits per heavy atom. The summed E-state index contributed by atoms with van der Waals surface area (Å²) in [6, 6.07) is 1.63. The van der Waals surface area contributed by atoms with Crippen LogP contribution < -0.4 is 5.63 Å². The van der Waals surface area contributed by atoms with Crippen LogP contribution in [0.2, 0.25) is 0 Å². The molecule has 0 fully saturated rings. The van der Waals surface area contributed by atoms with Crippen LogP contribution in [0.4, 0.5) is 0 Å². The van der Waals surface area contributed by atoms with Crippen molar-refractivity contribution < 1.29 is 9.21 Å². The van der Waals surface area contributed by atoms with E-state index in [4.69, 9.17) is 4.42 Å². The van der Waals surface area contributed by atoms with Gasteiger partial charge in [-0.2, -0.15) is 0 Å². The Morgan fingerprint density at radius 3 is 3.12 bits per heavy atom. The molecule has 78 valence electrons. The molecule has 0 bridgehead atoms. The normalized spacial score (nSPS) is 11.0. The van der Waals surface area contributed by atoms with E-state index in [9.17, 15) is 9.59 Å². The molecule has 0 atom stereocenters. The van der Waals surface area contributed by atoms with E-state index in [1.807, 2.05) is 0 Å².